The third-order valence-electron chi connectivity index (χ3n) is 4.66. The zero-order valence-electron chi connectivity index (χ0n) is 16.1. The lowest BCUT2D eigenvalue weighted by Crippen LogP contribution is -2.35. The Morgan fingerprint density at radius 3 is 2.45 bits per heavy atom. The van der Waals surface area contributed by atoms with Crippen molar-refractivity contribution < 1.29 is 17.9 Å². The largest absolute Gasteiger partial charge is 0.495 e. The summed E-state index contributed by atoms with van der Waals surface area (Å²) in [5.74, 6) is -0.0399. The van der Waals surface area contributed by atoms with Crippen LogP contribution in [0.5, 0.6) is 5.75 Å². The van der Waals surface area contributed by atoms with E-state index in [1.165, 1.54) is 23.6 Å². The Morgan fingerprint density at radius 2 is 1.79 bits per heavy atom. The molecule has 2 aromatic rings. The van der Waals surface area contributed by atoms with Crippen LogP contribution in [0.1, 0.15) is 24.8 Å². The fraction of sp³-hybridized carbons (Fsp3) is 0.286. The molecular weight excluding hydrogens is 412 g/mol. The Balaban J connectivity index is 1.79. The molecule has 0 bridgehead atoms. The lowest BCUT2D eigenvalue weighted by Gasteiger charge is -2.26. The number of nitrogens with one attached hydrogen (secondary N) is 1. The van der Waals surface area contributed by atoms with E-state index in [-0.39, 0.29) is 10.8 Å². The molecule has 1 fully saturated rings. The van der Waals surface area contributed by atoms with Gasteiger partial charge in [0.2, 0.25) is 15.9 Å². The molecule has 1 aliphatic heterocycles. The minimum atomic E-state index is -3.66. The molecule has 3 rings (SSSR count). The van der Waals surface area contributed by atoms with Crippen molar-refractivity contribution in [2.75, 3.05) is 25.5 Å². The van der Waals surface area contributed by atoms with Gasteiger partial charge < -0.3 is 10.1 Å². The highest BCUT2D eigenvalue weighted by atomic mass is 35.5. The fourth-order valence-electron chi connectivity index (χ4n) is 3.13. The van der Waals surface area contributed by atoms with Crippen molar-refractivity contribution in [1.29, 1.82) is 0 Å². The SMILES string of the molecule is COc1ccc(/C=C/C(=O)Nc2ccc(Cl)cc2)cc1S(=O)(=O)N1CCCCC1. The average molecular weight is 435 g/mol. The summed E-state index contributed by atoms with van der Waals surface area (Å²) in [5, 5.41) is 3.31. The van der Waals surface area contributed by atoms with Gasteiger partial charge in [0, 0.05) is 29.9 Å². The fourth-order valence-corrected chi connectivity index (χ4v) is 4.97. The van der Waals surface area contributed by atoms with E-state index in [1.54, 1.807) is 42.5 Å². The molecule has 1 heterocycles. The maximum absolute atomic E-state index is 13.1. The molecule has 0 radical (unpaired) electrons. The van der Waals surface area contributed by atoms with Gasteiger partial charge in [-0.05, 0) is 60.9 Å². The molecule has 0 aromatic heterocycles. The molecule has 29 heavy (non-hydrogen) atoms. The topological polar surface area (TPSA) is 75.7 Å². The van der Waals surface area contributed by atoms with Gasteiger partial charge in [-0.1, -0.05) is 24.1 Å². The number of benzene rings is 2. The number of carbonyl (C=O) groups is 1. The van der Waals surface area contributed by atoms with E-state index >= 15 is 0 Å². The number of hydrogen-bond acceptors (Lipinski definition) is 4. The molecule has 0 saturated carbocycles. The molecule has 1 amide bonds. The molecule has 2 aromatic carbocycles. The van der Waals surface area contributed by atoms with E-state index in [9.17, 15) is 13.2 Å². The van der Waals surface area contributed by atoms with Crippen molar-refractivity contribution in [1.82, 2.24) is 4.31 Å². The van der Waals surface area contributed by atoms with Crippen LogP contribution in [0.25, 0.3) is 6.08 Å². The van der Waals surface area contributed by atoms with Gasteiger partial charge in [-0.3, -0.25) is 4.79 Å². The van der Waals surface area contributed by atoms with Gasteiger partial charge in [0.05, 0.1) is 7.11 Å². The second-order valence-electron chi connectivity index (χ2n) is 6.70. The minimum absolute atomic E-state index is 0.113. The van der Waals surface area contributed by atoms with E-state index in [0.717, 1.165) is 19.3 Å². The molecule has 6 nitrogen and oxygen atoms in total. The van der Waals surface area contributed by atoms with Crippen molar-refractivity contribution in [3.8, 4) is 5.75 Å². The molecule has 1 aliphatic rings. The monoisotopic (exact) mass is 434 g/mol. The third-order valence-corrected chi connectivity index (χ3v) is 6.83. The van der Waals surface area contributed by atoms with Crippen LogP contribution in [-0.2, 0) is 14.8 Å². The Bertz CT molecular complexity index is 998. The summed E-state index contributed by atoms with van der Waals surface area (Å²) in [5.41, 5.74) is 1.21. The first-order valence-corrected chi connectivity index (χ1v) is 11.1. The highest BCUT2D eigenvalue weighted by Gasteiger charge is 2.28. The summed E-state index contributed by atoms with van der Waals surface area (Å²) in [6.45, 7) is 1.02. The van der Waals surface area contributed by atoms with Crippen LogP contribution in [0.4, 0.5) is 5.69 Å². The summed E-state index contributed by atoms with van der Waals surface area (Å²) < 4.78 is 32.9. The number of amides is 1. The Morgan fingerprint density at radius 1 is 1.10 bits per heavy atom. The van der Waals surface area contributed by atoms with Crippen molar-refractivity contribution in [3.63, 3.8) is 0 Å². The van der Waals surface area contributed by atoms with Crippen molar-refractivity contribution in [2.24, 2.45) is 0 Å². The summed E-state index contributed by atoms with van der Waals surface area (Å²) in [6, 6.07) is 11.6. The number of hydrogen-bond donors (Lipinski definition) is 1. The minimum Gasteiger partial charge on any atom is -0.495 e. The number of anilines is 1. The van der Waals surface area contributed by atoms with Gasteiger partial charge >= 0.3 is 0 Å². The zero-order chi connectivity index (χ0) is 20.9. The number of nitrogens with zero attached hydrogens (tertiary/aromatic N) is 1. The van der Waals surface area contributed by atoms with Crippen molar-refractivity contribution in [2.45, 2.75) is 24.2 Å². The van der Waals surface area contributed by atoms with Crippen LogP contribution >= 0.6 is 11.6 Å². The van der Waals surface area contributed by atoms with E-state index in [0.29, 0.717) is 35.1 Å². The number of rotatable bonds is 6. The normalized spacial score (nSPS) is 15.4. The number of methoxy groups -OCH3 is 1. The van der Waals surface area contributed by atoms with Gasteiger partial charge in [-0.2, -0.15) is 4.31 Å². The molecular formula is C21H23ClN2O4S. The highest BCUT2D eigenvalue weighted by Crippen LogP contribution is 2.30. The van der Waals surface area contributed by atoms with Crippen LogP contribution in [0.3, 0.4) is 0 Å². The Kier molecular flexibility index (Phi) is 6.95. The first kappa shape index (κ1) is 21.4. The average Bonchev–Trinajstić information content (AvgIpc) is 2.74. The molecule has 8 heteroatoms. The second kappa shape index (κ2) is 9.43. The van der Waals surface area contributed by atoms with Crippen LogP contribution in [0.2, 0.25) is 5.02 Å². The van der Waals surface area contributed by atoms with Crippen molar-refractivity contribution in [3.05, 3.63) is 59.1 Å². The van der Waals surface area contributed by atoms with Gasteiger partial charge in [0.25, 0.3) is 0 Å². The quantitative estimate of drug-likeness (QED) is 0.692. The van der Waals surface area contributed by atoms with Crippen LogP contribution in [0, 0.1) is 0 Å². The molecule has 1 N–H and O–H groups in total. The number of sulfonamides is 1. The number of carbonyl (C=O) groups excluding carboxylic acids is 1. The standard InChI is InChI=1S/C21H23ClN2O4S/c1-28-19-11-5-16(6-12-21(25)23-18-9-7-17(22)8-10-18)15-20(19)29(26,27)24-13-3-2-4-14-24/h5-12,15H,2-4,13-14H2,1H3,(H,23,25)/b12-6+. The Hall–Kier alpha value is -2.35. The summed E-state index contributed by atoms with van der Waals surface area (Å²) in [4.78, 5) is 12.3. The molecule has 0 aliphatic carbocycles. The molecule has 0 spiro atoms. The predicted molar refractivity (Wildman–Crippen MR) is 115 cm³/mol. The van der Waals surface area contributed by atoms with Gasteiger partial charge in [-0.15, -0.1) is 0 Å². The number of halogens is 1. The van der Waals surface area contributed by atoms with Crippen LogP contribution in [0.15, 0.2) is 53.4 Å². The number of ether oxygens (including phenoxy) is 1. The lowest BCUT2D eigenvalue weighted by atomic mass is 10.2. The van der Waals surface area contributed by atoms with Crippen molar-refractivity contribution >= 4 is 39.3 Å². The zero-order valence-corrected chi connectivity index (χ0v) is 17.7. The number of piperidine rings is 1. The van der Waals surface area contributed by atoms with Gasteiger partial charge in [0.15, 0.2) is 0 Å². The van der Waals surface area contributed by atoms with Gasteiger partial charge in [0.1, 0.15) is 10.6 Å². The third kappa shape index (κ3) is 5.38. The van der Waals surface area contributed by atoms with Crippen LogP contribution in [-0.4, -0.2) is 38.8 Å². The van der Waals surface area contributed by atoms with Gasteiger partial charge in [-0.25, -0.2) is 8.42 Å². The first-order chi connectivity index (χ1) is 13.9. The van der Waals surface area contributed by atoms with E-state index in [2.05, 4.69) is 5.32 Å². The lowest BCUT2D eigenvalue weighted by molar-refractivity contribution is -0.111. The first-order valence-electron chi connectivity index (χ1n) is 9.33. The smallest absolute Gasteiger partial charge is 0.248 e. The maximum Gasteiger partial charge on any atom is 0.248 e. The van der Waals surface area contributed by atoms with E-state index < -0.39 is 10.0 Å². The molecule has 154 valence electrons. The van der Waals surface area contributed by atoms with E-state index in [4.69, 9.17) is 16.3 Å². The molecule has 0 atom stereocenters. The van der Waals surface area contributed by atoms with E-state index in [1.807, 2.05) is 0 Å². The maximum atomic E-state index is 13.1. The molecule has 1 saturated heterocycles. The summed E-state index contributed by atoms with van der Waals surface area (Å²) >= 11 is 5.83. The Labute approximate surface area is 176 Å². The highest BCUT2D eigenvalue weighted by molar-refractivity contribution is 7.89. The molecule has 0 unspecified atom stereocenters. The predicted octanol–water partition coefficient (Wildman–Crippen LogP) is 4.18. The summed E-state index contributed by atoms with van der Waals surface area (Å²) in [6.07, 6.45) is 5.67. The second-order valence-corrected chi connectivity index (χ2v) is 9.05. The van der Waals surface area contributed by atoms with Crippen LogP contribution < -0.4 is 10.1 Å². The summed E-state index contributed by atoms with van der Waals surface area (Å²) in [7, 11) is -2.21.